The third-order valence-electron chi connectivity index (χ3n) is 3.64. The van der Waals surface area contributed by atoms with E-state index in [2.05, 4.69) is 0 Å². The van der Waals surface area contributed by atoms with Crippen LogP contribution in [-0.4, -0.2) is 23.9 Å². The molecule has 2 aliphatic rings. The highest BCUT2D eigenvalue weighted by atomic mass is 16.5. The molecule has 2 rings (SSSR count). The Kier molecular flexibility index (Phi) is 2.13. The molecule has 0 aromatic carbocycles. The van der Waals surface area contributed by atoms with Crippen molar-refractivity contribution in [2.45, 2.75) is 51.2 Å². The fourth-order valence-electron chi connectivity index (χ4n) is 2.85. The lowest BCUT2D eigenvalue weighted by Crippen LogP contribution is -2.56. The van der Waals surface area contributed by atoms with E-state index < -0.39 is 0 Å². The van der Waals surface area contributed by atoms with Crippen LogP contribution in [0, 0.1) is 5.41 Å². The van der Waals surface area contributed by atoms with Crippen LogP contribution in [0.5, 0.6) is 0 Å². The average molecular weight is 170 g/mol. The van der Waals surface area contributed by atoms with Gasteiger partial charge in [0.2, 0.25) is 0 Å². The van der Waals surface area contributed by atoms with Gasteiger partial charge >= 0.3 is 0 Å². The number of aliphatic hydroxyl groups is 1. The maximum atomic E-state index is 9.72. The van der Waals surface area contributed by atoms with Crippen molar-refractivity contribution >= 4 is 0 Å². The topological polar surface area (TPSA) is 29.5 Å². The van der Waals surface area contributed by atoms with Crippen LogP contribution < -0.4 is 0 Å². The van der Waals surface area contributed by atoms with Gasteiger partial charge in [0.25, 0.3) is 0 Å². The van der Waals surface area contributed by atoms with Crippen LogP contribution in [0.2, 0.25) is 0 Å². The van der Waals surface area contributed by atoms with E-state index in [0.717, 1.165) is 13.0 Å². The van der Waals surface area contributed by atoms with E-state index >= 15 is 0 Å². The minimum atomic E-state index is -0.0726. The van der Waals surface area contributed by atoms with E-state index in [-0.39, 0.29) is 11.5 Å². The molecule has 0 radical (unpaired) electrons. The standard InChI is InChI=1S/C10H18O2/c1-2-12-9-7-8(11)10(9)5-3-4-6-10/h8-9,11H,2-7H2,1H3. The zero-order valence-electron chi connectivity index (χ0n) is 7.75. The Hall–Kier alpha value is -0.0800. The van der Waals surface area contributed by atoms with Crippen molar-refractivity contribution in [3.63, 3.8) is 0 Å². The second-order valence-corrected chi connectivity index (χ2v) is 4.14. The summed E-state index contributed by atoms with van der Waals surface area (Å²) in [4.78, 5) is 0. The van der Waals surface area contributed by atoms with E-state index in [9.17, 15) is 5.11 Å². The highest BCUT2D eigenvalue weighted by Crippen LogP contribution is 2.54. The minimum absolute atomic E-state index is 0.0726. The largest absolute Gasteiger partial charge is 0.392 e. The lowest BCUT2D eigenvalue weighted by atomic mass is 9.62. The Morgan fingerprint density at radius 3 is 2.58 bits per heavy atom. The summed E-state index contributed by atoms with van der Waals surface area (Å²) in [5.74, 6) is 0. The van der Waals surface area contributed by atoms with Gasteiger partial charge in [-0.3, -0.25) is 0 Å². The number of rotatable bonds is 2. The molecule has 70 valence electrons. The molecular formula is C10H18O2. The molecule has 0 bridgehead atoms. The lowest BCUT2D eigenvalue weighted by Gasteiger charge is -2.51. The van der Waals surface area contributed by atoms with Gasteiger partial charge in [0.05, 0.1) is 12.2 Å². The zero-order chi connectivity index (χ0) is 8.60. The number of aliphatic hydroxyl groups excluding tert-OH is 1. The summed E-state index contributed by atoms with van der Waals surface area (Å²) in [6.07, 6.45) is 6.07. The van der Waals surface area contributed by atoms with Gasteiger partial charge in [-0.25, -0.2) is 0 Å². The molecule has 2 heteroatoms. The fourth-order valence-corrected chi connectivity index (χ4v) is 2.85. The predicted molar refractivity (Wildman–Crippen MR) is 46.9 cm³/mol. The second kappa shape index (κ2) is 3.00. The minimum Gasteiger partial charge on any atom is -0.392 e. The Morgan fingerprint density at radius 2 is 2.08 bits per heavy atom. The van der Waals surface area contributed by atoms with Gasteiger partial charge in [-0.05, 0) is 19.8 Å². The van der Waals surface area contributed by atoms with Crippen molar-refractivity contribution in [1.29, 1.82) is 0 Å². The van der Waals surface area contributed by atoms with Gasteiger partial charge < -0.3 is 9.84 Å². The van der Waals surface area contributed by atoms with Crippen molar-refractivity contribution < 1.29 is 9.84 Å². The first kappa shape index (κ1) is 8.52. The molecule has 2 unspecified atom stereocenters. The smallest absolute Gasteiger partial charge is 0.0680 e. The number of hydrogen-bond acceptors (Lipinski definition) is 2. The van der Waals surface area contributed by atoms with Gasteiger partial charge in [0.15, 0.2) is 0 Å². The Labute approximate surface area is 73.9 Å². The summed E-state index contributed by atoms with van der Waals surface area (Å²) in [6.45, 7) is 2.83. The average Bonchev–Trinajstić information content (AvgIpc) is 2.55. The predicted octanol–water partition coefficient (Wildman–Crippen LogP) is 1.72. The third-order valence-corrected chi connectivity index (χ3v) is 3.64. The molecular weight excluding hydrogens is 152 g/mol. The summed E-state index contributed by atoms with van der Waals surface area (Å²) in [5, 5.41) is 9.72. The molecule has 0 amide bonds. The van der Waals surface area contributed by atoms with E-state index in [1.807, 2.05) is 6.92 Å². The highest BCUT2D eigenvalue weighted by Gasteiger charge is 2.55. The summed E-state index contributed by atoms with van der Waals surface area (Å²) >= 11 is 0. The molecule has 12 heavy (non-hydrogen) atoms. The third kappa shape index (κ3) is 1.01. The Balaban J connectivity index is 2.00. The number of ether oxygens (including phenoxy) is 1. The van der Waals surface area contributed by atoms with Crippen molar-refractivity contribution in [3.8, 4) is 0 Å². The Morgan fingerprint density at radius 1 is 1.42 bits per heavy atom. The van der Waals surface area contributed by atoms with Crippen LogP contribution in [0.15, 0.2) is 0 Å². The molecule has 0 aromatic heterocycles. The molecule has 2 nitrogen and oxygen atoms in total. The maximum Gasteiger partial charge on any atom is 0.0680 e. The lowest BCUT2D eigenvalue weighted by molar-refractivity contribution is -0.187. The molecule has 2 saturated carbocycles. The van der Waals surface area contributed by atoms with Crippen LogP contribution in [0.25, 0.3) is 0 Å². The molecule has 2 fully saturated rings. The van der Waals surface area contributed by atoms with Gasteiger partial charge in [-0.15, -0.1) is 0 Å². The van der Waals surface area contributed by atoms with Crippen molar-refractivity contribution in [3.05, 3.63) is 0 Å². The summed E-state index contributed by atoms with van der Waals surface area (Å²) < 4.78 is 5.63. The molecule has 1 N–H and O–H groups in total. The van der Waals surface area contributed by atoms with Gasteiger partial charge in [-0.2, -0.15) is 0 Å². The van der Waals surface area contributed by atoms with Gasteiger partial charge in [0.1, 0.15) is 0 Å². The van der Waals surface area contributed by atoms with Gasteiger partial charge in [-0.1, -0.05) is 12.8 Å². The highest BCUT2D eigenvalue weighted by molar-refractivity contribution is 5.06. The first-order valence-electron chi connectivity index (χ1n) is 5.09. The van der Waals surface area contributed by atoms with E-state index in [0.29, 0.717) is 6.10 Å². The summed E-state index contributed by atoms with van der Waals surface area (Å²) in [7, 11) is 0. The zero-order valence-corrected chi connectivity index (χ0v) is 7.75. The second-order valence-electron chi connectivity index (χ2n) is 4.14. The monoisotopic (exact) mass is 170 g/mol. The van der Waals surface area contributed by atoms with Crippen LogP contribution in [0.3, 0.4) is 0 Å². The van der Waals surface area contributed by atoms with Crippen LogP contribution in [0.4, 0.5) is 0 Å². The molecule has 0 aromatic rings. The normalized spacial score (nSPS) is 38.5. The molecule has 0 aliphatic heterocycles. The SMILES string of the molecule is CCOC1CC(O)C12CCCC2. The van der Waals surface area contributed by atoms with Crippen molar-refractivity contribution in [2.24, 2.45) is 5.41 Å². The van der Waals surface area contributed by atoms with Crippen LogP contribution >= 0.6 is 0 Å². The van der Waals surface area contributed by atoms with E-state index in [1.165, 1.54) is 25.7 Å². The maximum absolute atomic E-state index is 9.72. The molecule has 2 aliphatic carbocycles. The molecule has 0 heterocycles. The van der Waals surface area contributed by atoms with E-state index in [1.54, 1.807) is 0 Å². The molecule has 1 spiro atoms. The van der Waals surface area contributed by atoms with Gasteiger partial charge in [0, 0.05) is 18.4 Å². The first-order chi connectivity index (χ1) is 5.79. The van der Waals surface area contributed by atoms with Crippen molar-refractivity contribution in [2.75, 3.05) is 6.61 Å². The van der Waals surface area contributed by atoms with Crippen molar-refractivity contribution in [1.82, 2.24) is 0 Å². The summed E-state index contributed by atoms with van der Waals surface area (Å²) in [5.41, 5.74) is 0.177. The quantitative estimate of drug-likeness (QED) is 0.683. The summed E-state index contributed by atoms with van der Waals surface area (Å²) in [6, 6.07) is 0. The molecule has 0 saturated heterocycles. The first-order valence-corrected chi connectivity index (χ1v) is 5.09. The fraction of sp³-hybridized carbons (Fsp3) is 1.00. The molecule has 2 atom stereocenters. The van der Waals surface area contributed by atoms with Crippen LogP contribution in [-0.2, 0) is 4.74 Å². The Bertz CT molecular complexity index is 159. The van der Waals surface area contributed by atoms with Crippen LogP contribution in [0.1, 0.15) is 39.0 Å². The number of hydrogen-bond donors (Lipinski definition) is 1. The van der Waals surface area contributed by atoms with E-state index in [4.69, 9.17) is 4.74 Å².